The number of carboxylic acids is 1. The summed E-state index contributed by atoms with van der Waals surface area (Å²) in [6.45, 7) is 4.48. The molecule has 0 spiro atoms. The molecule has 6 nitrogen and oxygen atoms in total. The van der Waals surface area contributed by atoms with Crippen molar-refractivity contribution in [1.82, 2.24) is 14.6 Å². The molecule has 96 valence electrons. The Kier molecular flexibility index (Phi) is 3.71. The van der Waals surface area contributed by atoms with Crippen molar-refractivity contribution in [2.45, 2.75) is 26.7 Å². The number of aromatic carboxylic acids is 1. The molecule has 0 bridgehead atoms. The first-order valence-corrected chi connectivity index (χ1v) is 6.52. The van der Waals surface area contributed by atoms with E-state index in [9.17, 15) is 9.90 Å². The lowest BCUT2D eigenvalue weighted by Gasteiger charge is -2.11. The van der Waals surface area contributed by atoms with Crippen molar-refractivity contribution >= 4 is 33.5 Å². The molecule has 2 rings (SSSR count). The number of hydrogen-bond acceptors (Lipinski definition) is 6. The Morgan fingerprint density at radius 3 is 2.94 bits per heavy atom. The van der Waals surface area contributed by atoms with Crippen LogP contribution in [0.4, 0.5) is 5.69 Å². The normalized spacial score (nSPS) is 10.8. The number of nitrogens with zero attached hydrogens (tertiary/aromatic N) is 3. The molecule has 0 saturated heterocycles. The van der Waals surface area contributed by atoms with Gasteiger partial charge in [-0.25, -0.2) is 9.78 Å². The van der Waals surface area contributed by atoms with E-state index in [2.05, 4.69) is 26.8 Å². The van der Waals surface area contributed by atoms with Crippen LogP contribution in [0.5, 0.6) is 0 Å². The first kappa shape index (κ1) is 12.7. The molecule has 0 unspecified atom stereocenters. The zero-order chi connectivity index (χ0) is 13.1. The van der Waals surface area contributed by atoms with Crippen LogP contribution in [0.1, 0.15) is 35.8 Å². The van der Waals surface area contributed by atoms with Gasteiger partial charge >= 0.3 is 5.97 Å². The molecule has 0 aromatic carbocycles. The van der Waals surface area contributed by atoms with E-state index in [4.69, 9.17) is 0 Å². The maximum Gasteiger partial charge on any atom is 0.339 e. The van der Waals surface area contributed by atoms with Crippen molar-refractivity contribution < 1.29 is 9.90 Å². The van der Waals surface area contributed by atoms with Crippen molar-refractivity contribution in [3.63, 3.8) is 0 Å². The summed E-state index contributed by atoms with van der Waals surface area (Å²) >= 11 is 1.17. The van der Waals surface area contributed by atoms with Gasteiger partial charge in [0, 0.05) is 18.1 Å². The SMILES string of the molecule is CCCCNc1c(C(=O)O)c(C)nc2snnc12. The third kappa shape index (κ3) is 2.26. The standard InChI is InChI=1S/C11H14N4O2S/c1-3-4-5-12-8-7(11(16)17)6(2)13-10-9(8)14-15-18-10/h3-5H2,1-2H3,(H,12,13)(H,16,17). The number of carbonyl (C=O) groups is 1. The molecule has 0 aliphatic rings. The second kappa shape index (κ2) is 5.26. The molecule has 7 heteroatoms. The highest BCUT2D eigenvalue weighted by Gasteiger charge is 2.20. The molecule has 18 heavy (non-hydrogen) atoms. The minimum atomic E-state index is -0.992. The first-order valence-electron chi connectivity index (χ1n) is 5.75. The fourth-order valence-corrected chi connectivity index (χ4v) is 2.35. The molecule has 0 atom stereocenters. The fourth-order valence-electron chi connectivity index (χ4n) is 1.75. The molecule has 2 aromatic rings. The molecular formula is C11H14N4O2S. The average molecular weight is 266 g/mol. The number of nitrogens with one attached hydrogen (secondary N) is 1. The van der Waals surface area contributed by atoms with Crippen molar-refractivity contribution in [3.8, 4) is 0 Å². The van der Waals surface area contributed by atoms with Crippen molar-refractivity contribution in [3.05, 3.63) is 11.3 Å². The van der Waals surface area contributed by atoms with Gasteiger partial charge in [0.2, 0.25) is 0 Å². The highest BCUT2D eigenvalue weighted by atomic mass is 32.1. The average Bonchev–Trinajstić information content (AvgIpc) is 2.76. The zero-order valence-corrected chi connectivity index (χ0v) is 11.0. The molecular weight excluding hydrogens is 252 g/mol. The third-order valence-corrected chi connectivity index (χ3v) is 3.26. The van der Waals surface area contributed by atoms with Crippen LogP contribution in [0.3, 0.4) is 0 Å². The van der Waals surface area contributed by atoms with E-state index in [0.717, 1.165) is 12.8 Å². The Morgan fingerprint density at radius 1 is 1.50 bits per heavy atom. The maximum atomic E-state index is 11.3. The Morgan fingerprint density at radius 2 is 2.28 bits per heavy atom. The third-order valence-electron chi connectivity index (χ3n) is 2.63. The van der Waals surface area contributed by atoms with Gasteiger partial charge in [-0.05, 0) is 13.3 Å². The van der Waals surface area contributed by atoms with Gasteiger partial charge in [-0.3, -0.25) is 0 Å². The lowest BCUT2D eigenvalue weighted by molar-refractivity contribution is 0.0697. The minimum absolute atomic E-state index is 0.186. The van der Waals surface area contributed by atoms with Crippen LogP contribution < -0.4 is 5.32 Å². The van der Waals surface area contributed by atoms with Gasteiger partial charge in [0.25, 0.3) is 0 Å². The van der Waals surface area contributed by atoms with Gasteiger partial charge in [-0.1, -0.05) is 17.8 Å². The Labute approximate surface area is 108 Å². The molecule has 2 heterocycles. The molecule has 0 aliphatic heterocycles. The number of hydrogen-bond donors (Lipinski definition) is 2. The number of fused-ring (bicyclic) bond motifs is 1. The fraction of sp³-hybridized carbons (Fsp3) is 0.455. The summed E-state index contributed by atoms with van der Waals surface area (Å²) in [5.74, 6) is -0.992. The van der Waals surface area contributed by atoms with Crippen LogP contribution in [-0.4, -0.2) is 32.2 Å². The molecule has 2 aromatic heterocycles. The first-order chi connectivity index (χ1) is 8.65. The Balaban J connectivity index is 2.52. The summed E-state index contributed by atoms with van der Waals surface area (Å²) in [7, 11) is 0. The van der Waals surface area contributed by atoms with Gasteiger partial charge in [-0.2, -0.15) is 0 Å². The second-order valence-electron chi connectivity index (χ2n) is 3.96. The van der Waals surface area contributed by atoms with Crippen LogP contribution in [0.25, 0.3) is 10.3 Å². The summed E-state index contributed by atoms with van der Waals surface area (Å²) in [6, 6.07) is 0. The van der Waals surface area contributed by atoms with E-state index in [1.807, 2.05) is 0 Å². The van der Waals surface area contributed by atoms with Crippen LogP contribution in [0.2, 0.25) is 0 Å². The summed E-state index contributed by atoms with van der Waals surface area (Å²) in [5, 5.41) is 16.4. The monoisotopic (exact) mass is 266 g/mol. The number of rotatable bonds is 5. The predicted molar refractivity (Wildman–Crippen MR) is 70.3 cm³/mol. The van der Waals surface area contributed by atoms with Gasteiger partial charge in [0.1, 0.15) is 11.1 Å². The summed E-state index contributed by atoms with van der Waals surface area (Å²) in [4.78, 5) is 16.2. The van der Waals surface area contributed by atoms with Crippen LogP contribution in [-0.2, 0) is 0 Å². The van der Waals surface area contributed by atoms with E-state index in [-0.39, 0.29) is 5.56 Å². The summed E-state index contributed by atoms with van der Waals surface area (Å²) < 4.78 is 3.83. The summed E-state index contributed by atoms with van der Waals surface area (Å²) in [6.07, 6.45) is 2.01. The molecule has 0 amide bonds. The van der Waals surface area contributed by atoms with Crippen molar-refractivity contribution in [1.29, 1.82) is 0 Å². The second-order valence-corrected chi connectivity index (χ2v) is 4.69. The van der Waals surface area contributed by atoms with Crippen molar-refractivity contribution in [2.24, 2.45) is 0 Å². The Hall–Kier alpha value is -1.76. The van der Waals surface area contributed by atoms with E-state index < -0.39 is 5.97 Å². The largest absolute Gasteiger partial charge is 0.478 e. The topological polar surface area (TPSA) is 88.0 Å². The molecule has 0 radical (unpaired) electrons. The lowest BCUT2D eigenvalue weighted by Crippen LogP contribution is -2.11. The quantitative estimate of drug-likeness (QED) is 0.807. The van der Waals surface area contributed by atoms with Crippen LogP contribution in [0, 0.1) is 6.92 Å². The highest BCUT2D eigenvalue weighted by molar-refractivity contribution is 7.12. The Bertz CT molecular complexity index is 582. The van der Waals surface area contributed by atoms with E-state index >= 15 is 0 Å². The number of unbranched alkanes of at least 4 members (excludes halogenated alkanes) is 1. The summed E-state index contributed by atoms with van der Waals surface area (Å²) in [5.41, 5.74) is 1.75. The highest BCUT2D eigenvalue weighted by Crippen LogP contribution is 2.28. The minimum Gasteiger partial charge on any atom is -0.478 e. The smallest absolute Gasteiger partial charge is 0.339 e. The van der Waals surface area contributed by atoms with E-state index in [0.29, 0.717) is 28.3 Å². The lowest BCUT2D eigenvalue weighted by atomic mass is 10.1. The van der Waals surface area contributed by atoms with Crippen molar-refractivity contribution in [2.75, 3.05) is 11.9 Å². The molecule has 0 saturated carbocycles. The number of carboxylic acid groups (broad SMARTS) is 1. The number of pyridine rings is 1. The maximum absolute atomic E-state index is 11.3. The number of anilines is 1. The zero-order valence-electron chi connectivity index (χ0n) is 10.2. The number of aromatic nitrogens is 3. The van der Waals surface area contributed by atoms with E-state index in [1.54, 1.807) is 6.92 Å². The number of aryl methyl sites for hydroxylation is 1. The van der Waals surface area contributed by atoms with Gasteiger partial charge in [0.15, 0.2) is 4.83 Å². The van der Waals surface area contributed by atoms with Gasteiger partial charge in [-0.15, -0.1) is 5.10 Å². The predicted octanol–water partition coefficient (Wildman–Crippen LogP) is 2.30. The molecule has 0 fully saturated rings. The molecule has 2 N–H and O–H groups in total. The van der Waals surface area contributed by atoms with Gasteiger partial charge < -0.3 is 10.4 Å². The van der Waals surface area contributed by atoms with Crippen LogP contribution in [0.15, 0.2) is 0 Å². The van der Waals surface area contributed by atoms with Gasteiger partial charge in [0.05, 0.1) is 11.4 Å². The van der Waals surface area contributed by atoms with Crippen LogP contribution >= 0.6 is 11.5 Å². The van der Waals surface area contributed by atoms with E-state index in [1.165, 1.54) is 11.5 Å². The molecule has 0 aliphatic carbocycles.